The van der Waals surface area contributed by atoms with Gasteiger partial charge >= 0.3 is 0 Å². The number of halogens is 2. The van der Waals surface area contributed by atoms with Crippen molar-refractivity contribution in [2.75, 3.05) is 6.54 Å². The third-order valence-corrected chi connectivity index (χ3v) is 2.67. The lowest BCUT2D eigenvalue weighted by molar-refractivity contribution is -0.120. The molecule has 0 radical (unpaired) electrons. The van der Waals surface area contributed by atoms with Gasteiger partial charge < -0.3 is 5.32 Å². The molecule has 2 rings (SSSR count). The van der Waals surface area contributed by atoms with Crippen LogP contribution in [0.3, 0.4) is 0 Å². The molecular weight excluding hydrogens is 252 g/mol. The van der Waals surface area contributed by atoms with Gasteiger partial charge in [0.15, 0.2) is 5.96 Å². The number of amides is 1. The fourth-order valence-electron chi connectivity index (χ4n) is 1.74. The van der Waals surface area contributed by atoms with E-state index in [1.807, 2.05) is 13.8 Å². The molecule has 4 nitrogen and oxygen atoms in total. The molecule has 0 bridgehead atoms. The zero-order chi connectivity index (χ0) is 14.0. The molecule has 1 fully saturated rings. The summed E-state index contributed by atoms with van der Waals surface area (Å²) >= 11 is 0. The number of nitrogens with zero attached hydrogens (tertiary/aromatic N) is 1. The molecule has 1 aromatic carbocycles. The van der Waals surface area contributed by atoms with Crippen LogP contribution >= 0.6 is 0 Å². The largest absolute Gasteiger partial charge is 0.340 e. The first-order valence-electron chi connectivity index (χ1n) is 6.04. The van der Waals surface area contributed by atoms with E-state index in [2.05, 4.69) is 15.6 Å². The van der Waals surface area contributed by atoms with Crippen molar-refractivity contribution in [3.63, 3.8) is 0 Å². The van der Waals surface area contributed by atoms with E-state index >= 15 is 0 Å². The van der Waals surface area contributed by atoms with Crippen molar-refractivity contribution in [3.05, 3.63) is 35.4 Å². The smallest absolute Gasteiger partial charge is 0.254 e. The van der Waals surface area contributed by atoms with Crippen molar-refractivity contribution in [1.29, 1.82) is 0 Å². The van der Waals surface area contributed by atoms with E-state index in [9.17, 15) is 13.6 Å². The summed E-state index contributed by atoms with van der Waals surface area (Å²) in [6.07, 6.45) is 0. The Balaban J connectivity index is 2.20. The lowest BCUT2D eigenvalue weighted by Gasteiger charge is -2.09. The van der Waals surface area contributed by atoms with Crippen LogP contribution in [0.2, 0.25) is 0 Å². The van der Waals surface area contributed by atoms with Gasteiger partial charge in [-0.25, -0.2) is 8.78 Å². The molecule has 1 saturated heterocycles. The molecule has 0 aliphatic carbocycles. The highest BCUT2D eigenvalue weighted by Gasteiger charge is 2.31. The average molecular weight is 267 g/mol. The second kappa shape index (κ2) is 5.34. The second-order valence-corrected chi connectivity index (χ2v) is 4.82. The Labute approximate surface area is 109 Å². The maximum atomic E-state index is 13.6. The number of benzene rings is 1. The second-order valence-electron chi connectivity index (χ2n) is 4.82. The minimum absolute atomic E-state index is 0.0211. The van der Waals surface area contributed by atoms with E-state index in [0.29, 0.717) is 18.4 Å². The number of carbonyl (C=O) groups excluding carboxylic acids is 1. The number of rotatable bonds is 3. The molecule has 1 heterocycles. The average Bonchev–Trinajstić information content (AvgIpc) is 2.71. The molecule has 1 aromatic rings. The maximum Gasteiger partial charge on any atom is 0.254 e. The lowest BCUT2D eigenvalue weighted by Crippen LogP contribution is -2.26. The van der Waals surface area contributed by atoms with Gasteiger partial charge in [0.05, 0.1) is 0 Å². The van der Waals surface area contributed by atoms with E-state index < -0.39 is 23.6 Å². The number of carbonyl (C=O) groups is 1. The van der Waals surface area contributed by atoms with Crippen LogP contribution in [0.4, 0.5) is 8.78 Å². The van der Waals surface area contributed by atoms with E-state index in [1.54, 1.807) is 0 Å². The molecule has 1 aliphatic heterocycles. The molecule has 2 N–H and O–H groups in total. The summed E-state index contributed by atoms with van der Waals surface area (Å²) in [6, 6.07) is 2.09. The zero-order valence-corrected chi connectivity index (χ0v) is 10.7. The van der Waals surface area contributed by atoms with Crippen LogP contribution < -0.4 is 10.6 Å². The first-order valence-corrected chi connectivity index (χ1v) is 6.04. The van der Waals surface area contributed by atoms with Crippen LogP contribution in [-0.2, 0) is 4.79 Å². The van der Waals surface area contributed by atoms with Gasteiger partial charge in [-0.3, -0.25) is 15.1 Å². The summed E-state index contributed by atoms with van der Waals surface area (Å²) in [5.74, 6) is -1.01. The standard InChI is InChI=1S/C13H15F2N3O/c1-7(2)6-16-13-17-11(12(19)18-13)9-5-8(14)3-4-10(9)15/h3-5,7,11H,6H2,1-2H3,(H2,16,17,18,19). The maximum absolute atomic E-state index is 13.6. The summed E-state index contributed by atoms with van der Waals surface area (Å²) in [5.41, 5.74) is -0.0211. The highest BCUT2D eigenvalue weighted by atomic mass is 19.1. The first-order chi connectivity index (χ1) is 8.97. The molecule has 19 heavy (non-hydrogen) atoms. The molecule has 1 aliphatic rings. The van der Waals surface area contributed by atoms with Crippen molar-refractivity contribution in [1.82, 2.24) is 10.6 Å². The summed E-state index contributed by atoms with van der Waals surface area (Å²) in [4.78, 5) is 15.9. The van der Waals surface area contributed by atoms with Crippen molar-refractivity contribution in [3.8, 4) is 0 Å². The van der Waals surface area contributed by atoms with E-state index in [-0.39, 0.29) is 5.56 Å². The van der Waals surface area contributed by atoms with Gasteiger partial charge in [0.1, 0.15) is 17.7 Å². The summed E-state index contributed by atoms with van der Waals surface area (Å²) in [5, 5.41) is 5.28. The molecule has 1 atom stereocenters. The highest BCUT2D eigenvalue weighted by molar-refractivity contribution is 6.06. The zero-order valence-electron chi connectivity index (χ0n) is 10.7. The molecule has 1 unspecified atom stereocenters. The highest BCUT2D eigenvalue weighted by Crippen LogP contribution is 2.21. The monoisotopic (exact) mass is 267 g/mol. The molecule has 1 amide bonds. The number of aliphatic imine (C=N–C) groups is 1. The molecule has 0 saturated carbocycles. The minimum atomic E-state index is -0.943. The predicted molar refractivity (Wildman–Crippen MR) is 67.5 cm³/mol. The lowest BCUT2D eigenvalue weighted by atomic mass is 10.1. The Morgan fingerprint density at radius 1 is 1.37 bits per heavy atom. The topological polar surface area (TPSA) is 53.5 Å². The number of hydrogen-bond acceptors (Lipinski definition) is 2. The fraction of sp³-hybridized carbons (Fsp3) is 0.385. The van der Waals surface area contributed by atoms with Gasteiger partial charge in [0.2, 0.25) is 0 Å². The van der Waals surface area contributed by atoms with Crippen LogP contribution in [-0.4, -0.2) is 18.4 Å². The van der Waals surface area contributed by atoms with Gasteiger partial charge in [-0.1, -0.05) is 13.8 Å². The van der Waals surface area contributed by atoms with Gasteiger partial charge in [-0.15, -0.1) is 0 Å². The normalized spacial score (nSPS) is 20.8. The van der Waals surface area contributed by atoms with E-state index in [0.717, 1.165) is 18.2 Å². The first kappa shape index (κ1) is 13.5. The predicted octanol–water partition coefficient (Wildman–Crippen LogP) is 1.74. The molecule has 102 valence electrons. The molecule has 0 spiro atoms. The third kappa shape index (κ3) is 3.07. The fourth-order valence-corrected chi connectivity index (χ4v) is 1.74. The SMILES string of the molecule is CC(C)CN=C1NC(=O)C(c2cc(F)ccc2F)N1. The summed E-state index contributed by atoms with van der Waals surface area (Å²) in [7, 11) is 0. The Morgan fingerprint density at radius 3 is 2.79 bits per heavy atom. The van der Waals surface area contributed by atoms with Gasteiger partial charge in [-0.2, -0.15) is 0 Å². The molecule has 6 heteroatoms. The number of guanidine groups is 1. The minimum Gasteiger partial charge on any atom is -0.340 e. The summed E-state index contributed by atoms with van der Waals surface area (Å²) < 4.78 is 26.7. The van der Waals surface area contributed by atoms with Crippen LogP contribution in [0, 0.1) is 17.6 Å². The molecule has 0 aromatic heterocycles. The third-order valence-electron chi connectivity index (χ3n) is 2.67. The van der Waals surface area contributed by atoms with Crippen molar-refractivity contribution in [2.45, 2.75) is 19.9 Å². The van der Waals surface area contributed by atoms with Crippen LogP contribution in [0.25, 0.3) is 0 Å². The van der Waals surface area contributed by atoms with Crippen LogP contribution in [0.1, 0.15) is 25.5 Å². The van der Waals surface area contributed by atoms with Gasteiger partial charge in [0.25, 0.3) is 5.91 Å². The molecular formula is C13H15F2N3O. The van der Waals surface area contributed by atoms with Gasteiger partial charge in [0, 0.05) is 12.1 Å². The van der Waals surface area contributed by atoms with Gasteiger partial charge in [-0.05, 0) is 24.1 Å². The summed E-state index contributed by atoms with van der Waals surface area (Å²) in [6.45, 7) is 4.52. The van der Waals surface area contributed by atoms with E-state index in [1.165, 1.54) is 0 Å². The Kier molecular flexibility index (Phi) is 3.78. The Hall–Kier alpha value is -1.98. The van der Waals surface area contributed by atoms with Crippen LogP contribution in [0.5, 0.6) is 0 Å². The number of nitrogens with one attached hydrogen (secondary N) is 2. The quantitative estimate of drug-likeness (QED) is 0.876. The Bertz CT molecular complexity index is 529. The van der Waals surface area contributed by atoms with Crippen molar-refractivity contribution < 1.29 is 13.6 Å². The number of hydrogen-bond donors (Lipinski definition) is 2. The van der Waals surface area contributed by atoms with Crippen LogP contribution in [0.15, 0.2) is 23.2 Å². The van der Waals surface area contributed by atoms with Crippen molar-refractivity contribution >= 4 is 11.9 Å². The van der Waals surface area contributed by atoms with Crippen molar-refractivity contribution in [2.24, 2.45) is 10.9 Å². The van der Waals surface area contributed by atoms with E-state index in [4.69, 9.17) is 0 Å². The Morgan fingerprint density at radius 2 is 2.11 bits per heavy atom.